The van der Waals surface area contributed by atoms with Gasteiger partial charge in [0.05, 0.1) is 13.2 Å². The van der Waals surface area contributed by atoms with Crippen LogP contribution in [-0.2, 0) is 19.6 Å². The first-order valence-corrected chi connectivity index (χ1v) is 10.7. The minimum absolute atomic E-state index is 0.0117. The van der Waals surface area contributed by atoms with Crippen molar-refractivity contribution in [1.29, 1.82) is 0 Å². The number of halogens is 3. The van der Waals surface area contributed by atoms with Crippen molar-refractivity contribution in [2.45, 2.75) is 17.9 Å². The Morgan fingerprint density at radius 2 is 1.83 bits per heavy atom. The van der Waals surface area contributed by atoms with Crippen molar-refractivity contribution < 1.29 is 36.6 Å². The average molecular weight is 462 g/mol. The maximum absolute atomic E-state index is 14.9. The molecule has 162 valence electrons. The molecule has 1 heterocycles. The van der Waals surface area contributed by atoms with Crippen LogP contribution in [0.3, 0.4) is 0 Å². The quantitative estimate of drug-likeness (QED) is 0.710. The molecule has 2 aromatic rings. The molecule has 0 unspecified atom stereocenters. The van der Waals surface area contributed by atoms with E-state index < -0.39 is 38.6 Å². The molecule has 1 saturated heterocycles. The van der Waals surface area contributed by atoms with Gasteiger partial charge in [-0.2, -0.15) is 4.31 Å². The van der Waals surface area contributed by atoms with E-state index in [1.165, 1.54) is 25.1 Å². The van der Waals surface area contributed by atoms with Crippen molar-refractivity contribution in [2.24, 2.45) is 0 Å². The molecule has 0 radical (unpaired) electrons. The standard InChI is InChI=1S/C19H18ClF2NO6S/c1-11(19(24)25)29-17-3-2-12(20)8-14(17)13-9-16(22)18(10-15(13)21)30(26,27)23-4-6-28-7-5-23/h2-3,8-11H,4-7H2,1H3,(H,24,25)/t11-/m0/s1. The van der Waals surface area contributed by atoms with Crippen LogP contribution in [0, 0.1) is 11.6 Å². The molecule has 11 heteroatoms. The van der Waals surface area contributed by atoms with E-state index in [9.17, 15) is 22.0 Å². The monoisotopic (exact) mass is 461 g/mol. The van der Waals surface area contributed by atoms with Crippen molar-refractivity contribution in [3.63, 3.8) is 0 Å². The third kappa shape index (κ3) is 4.56. The Bertz CT molecular complexity index is 1070. The second-order valence-corrected chi connectivity index (χ2v) is 8.86. The zero-order chi connectivity index (χ0) is 22.1. The third-order valence-electron chi connectivity index (χ3n) is 4.49. The fourth-order valence-corrected chi connectivity index (χ4v) is 4.55. The first kappa shape index (κ1) is 22.4. The van der Waals surface area contributed by atoms with Crippen molar-refractivity contribution in [1.82, 2.24) is 4.31 Å². The topological polar surface area (TPSA) is 93.1 Å². The maximum Gasteiger partial charge on any atom is 0.344 e. The number of aliphatic carboxylic acids is 1. The molecular formula is C19H18ClF2NO6S. The van der Waals surface area contributed by atoms with E-state index in [0.29, 0.717) is 6.07 Å². The molecular weight excluding hydrogens is 444 g/mol. The normalized spacial score (nSPS) is 16.3. The Balaban J connectivity index is 2.06. The number of carboxylic acids is 1. The molecule has 0 bridgehead atoms. The fourth-order valence-electron chi connectivity index (χ4n) is 2.92. The Kier molecular flexibility index (Phi) is 6.61. The van der Waals surface area contributed by atoms with Crippen LogP contribution < -0.4 is 4.74 Å². The van der Waals surface area contributed by atoms with Gasteiger partial charge in [-0.25, -0.2) is 22.0 Å². The number of hydrogen-bond acceptors (Lipinski definition) is 5. The summed E-state index contributed by atoms with van der Waals surface area (Å²) < 4.78 is 66.6. The van der Waals surface area contributed by atoms with E-state index in [2.05, 4.69) is 0 Å². The number of benzene rings is 2. The number of hydrogen-bond donors (Lipinski definition) is 1. The van der Waals surface area contributed by atoms with E-state index in [4.69, 9.17) is 26.2 Å². The van der Waals surface area contributed by atoms with Gasteiger partial charge in [0.2, 0.25) is 10.0 Å². The second-order valence-electron chi connectivity index (χ2n) is 6.52. The van der Waals surface area contributed by atoms with Crippen molar-refractivity contribution in [2.75, 3.05) is 26.3 Å². The summed E-state index contributed by atoms with van der Waals surface area (Å²) in [5, 5.41) is 9.21. The minimum atomic E-state index is -4.26. The summed E-state index contributed by atoms with van der Waals surface area (Å²) in [6, 6.07) is 5.33. The van der Waals surface area contributed by atoms with Crippen LogP contribution in [0.2, 0.25) is 5.02 Å². The highest BCUT2D eigenvalue weighted by atomic mass is 35.5. The fraction of sp³-hybridized carbons (Fsp3) is 0.316. The molecule has 0 spiro atoms. The lowest BCUT2D eigenvalue weighted by atomic mass is 10.0. The molecule has 2 aromatic carbocycles. The number of nitrogens with zero attached hydrogens (tertiary/aromatic N) is 1. The summed E-state index contributed by atoms with van der Waals surface area (Å²) in [5.41, 5.74) is -0.328. The summed E-state index contributed by atoms with van der Waals surface area (Å²) in [4.78, 5) is 10.3. The third-order valence-corrected chi connectivity index (χ3v) is 6.64. The molecule has 1 aliphatic rings. The molecule has 0 saturated carbocycles. The Labute approximate surface area is 176 Å². The van der Waals surface area contributed by atoms with Gasteiger partial charge in [-0.15, -0.1) is 0 Å². The van der Waals surface area contributed by atoms with Gasteiger partial charge < -0.3 is 14.6 Å². The van der Waals surface area contributed by atoms with Gasteiger partial charge in [0.1, 0.15) is 22.3 Å². The minimum Gasteiger partial charge on any atom is -0.479 e. The first-order chi connectivity index (χ1) is 14.1. The Morgan fingerprint density at radius 1 is 1.17 bits per heavy atom. The summed E-state index contributed by atoms with van der Waals surface area (Å²) in [5.74, 6) is -3.49. The van der Waals surface area contributed by atoms with E-state index in [-0.39, 0.29) is 48.2 Å². The molecule has 30 heavy (non-hydrogen) atoms. The van der Waals surface area contributed by atoms with Gasteiger partial charge in [-0.3, -0.25) is 0 Å². The molecule has 1 atom stereocenters. The van der Waals surface area contributed by atoms with Gasteiger partial charge in [0.25, 0.3) is 0 Å². The largest absolute Gasteiger partial charge is 0.479 e. The molecule has 1 fully saturated rings. The number of carbonyl (C=O) groups is 1. The zero-order valence-electron chi connectivity index (χ0n) is 15.8. The zero-order valence-corrected chi connectivity index (χ0v) is 17.3. The van der Waals surface area contributed by atoms with Crippen LogP contribution >= 0.6 is 11.6 Å². The highest BCUT2D eigenvalue weighted by Crippen LogP contribution is 2.37. The van der Waals surface area contributed by atoms with Gasteiger partial charge in [-0.1, -0.05) is 11.6 Å². The van der Waals surface area contributed by atoms with Crippen LogP contribution in [0.4, 0.5) is 8.78 Å². The number of carboxylic acid groups (broad SMARTS) is 1. The van der Waals surface area contributed by atoms with Crippen molar-refractivity contribution in [3.8, 4) is 16.9 Å². The highest BCUT2D eigenvalue weighted by molar-refractivity contribution is 7.89. The lowest BCUT2D eigenvalue weighted by Crippen LogP contribution is -2.41. The molecule has 0 aliphatic carbocycles. The van der Waals surface area contributed by atoms with Crippen molar-refractivity contribution >= 4 is 27.6 Å². The SMILES string of the molecule is C[C@H](Oc1ccc(Cl)cc1-c1cc(F)c(S(=O)(=O)N2CCOCC2)cc1F)C(=O)O. The highest BCUT2D eigenvalue weighted by Gasteiger charge is 2.31. The van der Waals surface area contributed by atoms with Crippen LogP contribution in [0.15, 0.2) is 35.2 Å². The van der Waals surface area contributed by atoms with Crippen molar-refractivity contribution in [3.05, 3.63) is 47.0 Å². The lowest BCUT2D eigenvalue weighted by molar-refractivity contribution is -0.144. The molecule has 1 N–H and O–H groups in total. The van der Waals surface area contributed by atoms with Gasteiger partial charge in [-0.05, 0) is 37.3 Å². The maximum atomic E-state index is 14.9. The smallest absolute Gasteiger partial charge is 0.344 e. The van der Waals surface area contributed by atoms with Crippen LogP contribution in [0.1, 0.15) is 6.92 Å². The molecule has 0 aromatic heterocycles. The lowest BCUT2D eigenvalue weighted by Gasteiger charge is -2.26. The molecule has 1 aliphatic heterocycles. The van der Waals surface area contributed by atoms with Gasteiger partial charge >= 0.3 is 5.97 Å². The summed E-state index contributed by atoms with van der Waals surface area (Å²) in [6.07, 6.45) is -1.26. The summed E-state index contributed by atoms with van der Waals surface area (Å²) in [6.45, 7) is 1.66. The predicted octanol–water partition coefficient (Wildman–Crippen LogP) is 3.16. The Morgan fingerprint density at radius 3 is 2.47 bits per heavy atom. The Hall–Kier alpha value is -2.27. The number of sulfonamides is 1. The van der Waals surface area contributed by atoms with Crippen LogP contribution in [0.5, 0.6) is 5.75 Å². The second kappa shape index (κ2) is 8.84. The predicted molar refractivity (Wildman–Crippen MR) is 104 cm³/mol. The van der Waals surface area contributed by atoms with Gasteiger partial charge in [0.15, 0.2) is 6.10 Å². The number of morpholine rings is 1. The molecule has 3 rings (SSSR count). The van der Waals surface area contributed by atoms with Crippen LogP contribution in [-0.4, -0.2) is 56.2 Å². The molecule has 0 amide bonds. The van der Waals surface area contributed by atoms with Crippen LogP contribution in [0.25, 0.3) is 11.1 Å². The van der Waals surface area contributed by atoms with E-state index in [0.717, 1.165) is 10.4 Å². The van der Waals surface area contributed by atoms with E-state index in [1.54, 1.807) is 0 Å². The van der Waals surface area contributed by atoms with E-state index >= 15 is 0 Å². The van der Waals surface area contributed by atoms with E-state index in [1.807, 2.05) is 0 Å². The summed E-state index contributed by atoms with van der Waals surface area (Å²) in [7, 11) is -4.26. The summed E-state index contributed by atoms with van der Waals surface area (Å²) >= 11 is 5.96. The molecule has 7 nitrogen and oxygen atoms in total. The van der Waals surface area contributed by atoms with Gasteiger partial charge in [0, 0.05) is 29.2 Å². The first-order valence-electron chi connectivity index (χ1n) is 8.87. The number of rotatable bonds is 6. The average Bonchev–Trinajstić information content (AvgIpc) is 2.71. The number of ether oxygens (including phenoxy) is 2.